The third-order valence-electron chi connectivity index (χ3n) is 2.57. The molecule has 0 atom stereocenters. The van der Waals surface area contributed by atoms with Crippen LogP contribution in [0.5, 0.6) is 0 Å². The molecule has 0 radical (unpaired) electrons. The summed E-state index contributed by atoms with van der Waals surface area (Å²) in [5, 5.41) is 8.29. The number of hydrogen-bond donors (Lipinski definition) is 2. The van der Waals surface area contributed by atoms with Crippen molar-refractivity contribution < 1.29 is 5.11 Å². The van der Waals surface area contributed by atoms with Crippen LogP contribution in [0.2, 0.25) is 0 Å². The first-order valence-electron chi connectivity index (χ1n) is 7.14. The fraction of sp³-hybridized carbons (Fsp3) is 1.00. The van der Waals surface area contributed by atoms with Crippen molar-refractivity contribution in [2.24, 2.45) is 5.73 Å². The lowest BCUT2D eigenvalue weighted by molar-refractivity contribution is 0.283. The Labute approximate surface area is 103 Å². The Hall–Kier alpha value is -0.0800. The average molecular weight is 231 g/mol. The molecular formula is C14H33NO. The van der Waals surface area contributed by atoms with Gasteiger partial charge in [-0.05, 0) is 19.4 Å². The predicted molar refractivity (Wildman–Crippen MR) is 73.7 cm³/mol. The molecule has 2 heteroatoms. The fourth-order valence-electron chi connectivity index (χ4n) is 1.46. The second kappa shape index (κ2) is 20.3. The molecule has 0 heterocycles. The molecular weight excluding hydrogens is 198 g/mol. The first kappa shape index (κ1) is 18.3. The molecule has 0 aromatic heterocycles. The second-order valence-electron chi connectivity index (χ2n) is 4.34. The average Bonchev–Trinajstić information content (AvgIpc) is 2.31. The van der Waals surface area contributed by atoms with Crippen molar-refractivity contribution in [1.29, 1.82) is 0 Å². The van der Waals surface area contributed by atoms with Gasteiger partial charge in [0.1, 0.15) is 0 Å². The summed E-state index contributed by atoms with van der Waals surface area (Å²) in [5.74, 6) is 0. The van der Waals surface area contributed by atoms with Crippen LogP contribution in [0.25, 0.3) is 0 Å². The van der Waals surface area contributed by atoms with Gasteiger partial charge in [0.25, 0.3) is 0 Å². The summed E-state index contributed by atoms with van der Waals surface area (Å²) in [4.78, 5) is 0. The van der Waals surface area contributed by atoms with Crippen LogP contribution in [-0.2, 0) is 0 Å². The first-order valence-corrected chi connectivity index (χ1v) is 7.14. The van der Waals surface area contributed by atoms with Gasteiger partial charge in [0.2, 0.25) is 0 Å². The monoisotopic (exact) mass is 231 g/mol. The zero-order chi connectivity index (χ0) is 12.5. The largest absolute Gasteiger partial charge is 0.396 e. The zero-order valence-electron chi connectivity index (χ0n) is 11.5. The van der Waals surface area contributed by atoms with E-state index < -0.39 is 0 Å². The highest BCUT2D eigenvalue weighted by Crippen LogP contribution is 2.03. The highest BCUT2D eigenvalue weighted by molar-refractivity contribution is 4.43. The molecule has 0 aromatic rings. The molecule has 0 unspecified atom stereocenters. The number of nitrogens with two attached hydrogens (primary N) is 1. The minimum absolute atomic E-state index is 0.361. The van der Waals surface area contributed by atoms with Gasteiger partial charge >= 0.3 is 0 Å². The van der Waals surface area contributed by atoms with Crippen molar-refractivity contribution in [2.75, 3.05) is 13.2 Å². The number of aliphatic hydroxyl groups excluding tert-OH is 1. The summed E-state index contributed by atoms with van der Waals surface area (Å²) in [6.07, 6.45) is 12.7. The predicted octanol–water partition coefficient (Wildman–Crippen LogP) is 3.86. The Balaban J connectivity index is 0. The van der Waals surface area contributed by atoms with Crippen molar-refractivity contribution in [3.63, 3.8) is 0 Å². The Morgan fingerprint density at radius 2 is 1.12 bits per heavy atom. The Kier molecular flexibility index (Phi) is 23.3. The van der Waals surface area contributed by atoms with E-state index in [0.29, 0.717) is 6.61 Å². The fourth-order valence-corrected chi connectivity index (χ4v) is 1.46. The lowest BCUT2D eigenvalue weighted by Gasteiger charge is -1.96. The van der Waals surface area contributed by atoms with Gasteiger partial charge in [-0.2, -0.15) is 0 Å². The van der Waals surface area contributed by atoms with Crippen molar-refractivity contribution in [1.82, 2.24) is 0 Å². The van der Waals surface area contributed by atoms with E-state index in [4.69, 9.17) is 10.8 Å². The van der Waals surface area contributed by atoms with E-state index in [1.54, 1.807) is 0 Å². The van der Waals surface area contributed by atoms with E-state index >= 15 is 0 Å². The molecule has 100 valence electrons. The van der Waals surface area contributed by atoms with E-state index in [9.17, 15) is 0 Å². The summed E-state index contributed by atoms with van der Waals surface area (Å²) in [6, 6.07) is 0. The van der Waals surface area contributed by atoms with Crippen LogP contribution in [-0.4, -0.2) is 18.3 Å². The van der Waals surface area contributed by atoms with E-state index in [0.717, 1.165) is 13.0 Å². The van der Waals surface area contributed by atoms with Crippen LogP contribution < -0.4 is 5.73 Å². The summed E-state index contributed by atoms with van der Waals surface area (Å²) >= 11 is 0. The number of rotatable bonds is 10. The minimum atomic E-state index is 0.361. The molecule has 0 aliphatic carbocycles. The number of hydrogen-bond acceptors (Lipinski definition) is 2. The van der Waals surface area contributed by atoms with Crippen LogP contribution in [0.4, 0.5) is 0 Å². The van der Waals surface area contributed by atoms with E-state index in [-0.39, 0.29) is 0 Å². The van der Waals surface area contributed by atoms with Gasteiger partial charge in [-0.3, -0.25) is 0 Å². The Bertz CT molecular complexity index is 86.7. The summed E-state index contributed by atoms with van der Waals surface area (Å²) in [6.45, 7) is 5.63. The van der Waals surface area contributed by atoms with E-state index in [2.05, 4.69) is 13.8 Å². The van der Waals surface area contributed by atoms with Gasteiger partial charge in [0, 0.05) is 6.61 Å². The summed E-state index contributed by atoms with van der Waals surface area (Å²) in [5.41, 5.74) is 5.34. The first-order chi connectivity index (χ1) is 7.83. The molecule has 0 fully saturated rings. The van der Waals surface area contributed by atoms with E-state index in [1.165, 1.54) is 57.8 Å². The smallest absolute Gasteiger partial charge is 0.0431 e. The third kappa shape index (κ3) is 23.6. The van der Waals surface area contributed by atoms with Gasteiger partial charge in [0.05, 0.1) is 0 Å². The molecule has 2 nitrogen and oxygen atoms in total. The van der Waals surface area contributed by atoms with Crippen molar-refractivity contribution in [2.45, 2.75) is 78.1 Å². The normalized spacial score (nSPS) is 9.75. The molecule has 0 bridgehead atoms. The van der Waals surface area contributed by atoms with Crippen molar-refractivity contribution in [3.05, 3.63) is 0 Å². The van der Waals surface area contributed by atoms with Crippen molar-refractivity contribution in [3.8, 4) is 0 Å². The van der Waals surface area contributed by atoms with Gasteiger partial charge in [-0.25, -0.2) is 0 Å². The SMILES string of the molecule is CCCCCCCCN.CCCCCCO. The number of aliphatic hydroxyl groups is 1. The molecule has 0 rings (SSSR count). The Morgan fingerprint density at radius 1 is 0.688 bits per heavy atom. The van der Waals surface area contributed by atoms with Crippen LogP contribution in [0.1, 0.15) is 78.1 Å². The van der Waals surface area contributed by atoms with Gasteiger partial charge < -0.3 is 10.8 Å². The molecule has 0 aliphatic heterocycles. The lowest BCUT2D eigenvalue weighted by Crippen LogP contribution is -1.97. The highest BCUT2D eigenvalue weighted by atomic mass is 16.2. The van der Waals surface area contributed by atoms with Crippen LogP contribution >= 0.6 is 0 Å². The molecule has 0 aliphatic rings. The third-order valence-corrected chi connectivity index (χ3v) is 2.57. The molecule has 3 N–H and O–H groups in total. The van der Waals surface area contributed by atoms with Gasteiger partial charge in [-0.15, -0.1) is 0 Å². The van der Waals surface area contributed by atoms with Crippen LogP contribution in [0.3, 0.4) is 0 Å². The molecule has 0 saturated heterocycles. The maximum Gasteiger partial charge on any atom is 0.0431 e. The van der Waals surface area contributed by atoms with E-state index in [1.807, 2.05) is 0 Å². The molecule has 0 aromatic carbocycles. The highest BCUT2D eigenvalue weighted by Gasteiger charge is 1.85. The maximum atomic E-state index is 8.29. The standard InChI is InChI=1S/C8H19N.C6H14O/c1-2-3-4-5-6-7-8-9;1-2-3-4-5-6-7/h2-9H2,1H3;7H,2-6H2,1H3. The lowest BCUT2D eigenvalue weighted by atomic mass is 10.1. The van der Waals surface area contributed by atoms with Crippen LogP contribution in [0.15, 0.2) is 0 Å². The Morgan fingerprint density at radius 3 is 1.56 bits per heavy atom. The van der Waals surface area contributed by atoms with Crippen molar-refractivity contribution >= 4 is 0 Å². The maximum absolute atomic E-state index is 8.29. The quantitative estimate of drug-likeness (QED) is 0.561. The molecule has 0 amide bonds. The topological polar surface area (TPSA) is 46.2 Å². The zero-order valence-corrected chi connectivity index (χ0v) is 11.5. The summed E-state index contributed by atoms with van der Waals surface area (Å²) in [7, 11) is 0. The second-order valence-corrected chi connectivity index (χ2v) is 4.34. The minimum Gasteiger partial charge on any atom is -0.396 e. The van der Waals surface area contributed by atoms with Crippen LogP contribution in [0, 0.1) is 0 Å². The molecule has 0 spiro atoms. The molecule has 16 heavy (non-hydrogen) atoms. The van der Waals surface area contributed by atoms with Gasteiger partial charge in [0.15, 0.2) is 0 Å². The summed E-state index contributed by atoms with van der Waals surface area (Å²) < 4.78 is 0. The molecule has 0 saturated carbocycles. The number of unbranched alkanes of at least 4 members (excludes halogenated alkanes) is 8. The van der Waals surface area contributed by atoms with Gasteiger partial charge in [-0.1, -0.05) is 65.2 Å².